The van der Waals surface area contributed by atoms with Crippen molar-refractivity contribution in [3.8, 4) is 119 Å². The highest BCUT2D eigenvalue weighted by atomic mass is 79.9. The summed E-state index contributed by atoms with van der Waals surface area (Å²) < 4.78 is 12.5. The van der Waals surface area contributed by atoms with Crippen LogP contribution in [0.15, 0.2) is 405 Å². The summed E-state index contributed by atoms with van der Waals surface area (Å²) in [5.74, 6) is 5.73. The maximum atomic E-state index is 5.17. The maximum Gasteiger partial charge on any atom is 0.220 e. The van der Waals surface area contributed by atoms with Crippen molar-refractivity contribution >= 4 is 93.4 Å². The summed E-state index contributed by atoms with van der Waals surface area (Å²) in [4.78, 5) is 39.3. The molecule has 0 unspecified atom stereocenters. The van der Waals surface area contributed by atoms with E-state index in [0.717, 1.165) is 134 Å². The van der Waals surface area contributed by atoms with E-state index in [0.29, 0.717) is 34.9 Å². The monoisotopic (exact) mass is 1590 g/mol. The van der Waals surface area contributed by atoms with Crippen LogP contribution in [0.5, 0.6) is 0 Å². The Hall–Kier alpha value is -15.6. The number of fused-ring (bicyclic) bond motifs is 16. The normalized spacial score (nSPS) is 11.7. The van der Waals surface area contributed by atoms with Gasteiger partial charge in [0.05, 0.1) is 55.2 Å². The van der Waals surface area contributed by atoms with Gasteiger partial charge in [-0.3, -0.25) is 17.9 Å². The lowest BCUT2D eigenvalue weighted by Gasteiger charge is -2.12. The number of imidazole rings is 4. The maximum absolute atomic E-state index is 5.17. The quantitative estimate of drug-likeness (QED) is 0.125. The molecule has 0 radical (unpaired) electrons. The SMILES string of the molecule is Brc1cccc(-c2nc(-c3ccccc3)nc(-c3ccccc3)n2)c1.c1ccc(-c2nc(-c3ccccc3)nc(-c3cccc(-n4c5ccccc5c5cc(-c6cccc7c6n(-c6ccccc6)c6nc8ccccc8n76)ccc54)c3)n2)cc1.c1ccc(-n2c3c(-c4ccc5c(c4)-c4ccccc4C5)cccc3n3c4ccccc4nc23)cc1. The van der Waals surface area contributed by atoms with Gasteiger partial charge >= 0.3 is 0 Å². The van der Waals surface area contributed by atoms with E-state index < -0.39 is 0 Å². The molecule has 14 heteroatoms. The lowest BCUT2D eigenvalue weighted by Crippen LogP contribution is -2.01. The minimum Gasteiger partial charge on any atom is -0.309 e. The lowest BCUT2D eigenvalue weighted by molar-refractivity contribution is 1.07. The Labute approximate surface area is 692 Å². The second kappa shape index (κ2) is 29.6. The van der Waals surface area contributed by atoms with Gasteiger partial charge in [0, 0.05) is 76.8 Å². The molecule has 0 saturated carbocycles. The molecule has 0 amide bonds. The third kappa shape index (κ3) is 12.6. The van der Waals surface area contributed by atoms with Crippen LogP contribution in [0.1, 0.15) is 11.1 Å². The zero-order valence-electron chi connectivity index (χ0n) is 64.0. The molecule has 560 valence electrons. The fourth-order valence-electron chi connectivity index (χ4n) is 17.0. The number of halogens is 1. The zero-order chi connectivity index (χ0) is 78.9. The van der Waals surface area contributed by atoms with E-state index in [4.69, 9.17) is 34.9 Å². The number of hydrogen-bond donors (Lipinski definition) is 0. The third-order valence-corrected chi connectivity index (χ3v) is 22.9. The molecule has 0 atom stereocenters. The summed E-state index contributed by atoms with van der Waals surface area (Å²) >= 11 is 3.52. The van der Waals surface area contributed by atoms with Crippen molar-refractivity contribution in [1.82, 2.24) is 62.4 Å². The number of nitrogens with zero attached hydrogens (tertiary/aromatic N) is 13. The van der Waals surface area contributed by atoms with Gasteiger partial charge in [0.1, 0.15) is 0 Å². The summed E-state index contributed by atoms with van der Waals surface area (Å²) in [6, 6.07) is 139. The van der Waals surface area contributed by atoms with Crippen LogP contribution < -0.4 is 0 Å². The van der Waals surface area contributed by atoms with Crippen LogP contribution in [0.4, 0.5) is 0 Å². The first-order valence-corrected chi connectivity index (χ1v) is 40.5. The van der Waals surface area contributed by atoms with Crippen molar-refractivity contribution < 1.29 is 0 Å². The number of para-hydroxylation sites is 9. The van der Waals surface area contributed by atoms with Gasteiger partial charge in [-0.05, 0) is 149 Å². The predicted octanol–water partition coefficient (Wildman–Crippen LogP) is 25.7. The standard InChI is InChI=1S/C52H33N7.C32H21N3.C21H14BrN3/c1-4-16-34(17-5-1)49-54-50(35-18-6-2-7-19-35)56-51(55-49)37-20-14-23-39(32-37)57-44-27-12-10-24-41(44)42-33-36(30-31-45(42)57)40-25-15-29-47-48(40)58(38-21-8-3-9-22-38)52-53-43-26-11-13-28-46(43)59(47)52;1-2-10-24(11-3-1)34-31-26(23-18-17-22-19-21-9-4-5-12-25(21)27(22)20-23)13-8-16-30(31)35-29-15-7-6-14-28(29)33-32(34)35;22-18-13-7-12-17(14-18)21-24-19(15-8-3-1-4-9-15)23-20(25-21)16-10-5-2-6-11-16/h1-33H;1-18,20H,19H2;1-14H. The predicted molar refractivity (Wildman–Crippen MR) is 486 cm³/mol. The van der Waals surface area contributed by atoms with Crippen molar-refractivity contribution in [2.45, 2.75) is 6.42 Å². The van der Waals surface area contributed by atoms with Gasteiger partial charge in [0.25, 0.3) is 0 Å². The molecule has 0 spiro atoms. The molecule has 0 fully saturated rings. The smallest absolute Gasteiger partial charge is 0.220 e. The largest absolute Gasteiger partial charge is 0.309 e. The van der Waals surface area contributed by atoms with Gasteiger partial charge < -0.3 is 4.57 Å². The second-order valence-corrected chi connectivity index (χ2v) is 30.5. The average molecular weight is 1590 g/mol. The molecule has 1 aliphatic rings. The average Bonchev–Trinajstić information content (AvgIpc) is 1.56. The third-order valence-electron chi connectivity index (χ3n) is 22.4. The van der Waals surface area contributed by atoms with Crippen LogP contribution in [0, 0.1) is 0 Å². The summed E-state index contributed by atoms with van der Waals surface area (Å²) in [5, 5.41) is 2.35. The summed E-state index contributed by atoms with van der Waals surface area (Å²) in [5.41, 5.74) is 30.1. The van der Waals surface area contributed by atoms with Crippen LogP contribution in [0.25, 0.3) is 196 Å². The Kier molecular flexibility index (Phi) is 17.4. The minimum atomic E-state index is 0.622. The van der Waals surface area contributed by atoms with Gasteiger partial charge in [-0.2, -0.15) is 0 Å². The summed E-state index contributed by atoms with van der Waals surface area (Å²) in [7, 11) is 0. The molecule has 1 aliphatic carbocycles. The molecule has 7 heterocycles. The van der Waals surface area contributed by atoms with Gasteiger partial charge in [0.2, 0.25) is 11.6 Å². The molecule has 0 bridgehead atoms. The van der Waals surface area contributed by atoms with Gasteiger partial charge in [-0.15, -0.1) is 0 Å². The molecule has 23 aromatic rings. The minimum absolute atomic E-state index is 0.622. The molecular formula is C105H68BrN13. The zero-order valence-corrected chi connectivity index (χ0v) is 65.6. The summed E-state index contributed by atoms with van der Waals surface area (Å²) in [6.07, 6.45) is 1.01. The van der Waals surface area contributed by atoms with Crippen LogP contribution in [0.2, 0.25) is 0 Å². The second-order valence-electron chi connectivity index (χ2n) is 29.6. The molecule has 0 saturated heterocycles. The van der Waals surface area contributed by atoms with Gasteiger partial charge in [0.15, 0.2) is 34.9 Å². The molecular weight excluding hydrogens is 1520 g/mol. The van der Waals surface area contributed by atoms with Crippen LogP contribution >= 0.6 is 15.9 Å². The first-order valence-electron chi connectivity index (χ1n) is 39.7. The molecule has 0 N–H and O–H groups in total. The van der Waals surface area contributed by atoms with Crippen molar-refractivity contribution in [2.75, 3.05) is 0 Å². The Morgan fingerprint density at radius 1 is 0.210 bits per heavy atom. The van der Waals surface area contributed by atoms with Crippen LogP contribution in [-0.2, 0) is 6.42 Å². The first-order chi connectivity index (χ1) is 58.9. The first kappa shape index (κ1) is 70.0. The van der Waals surface area contributed by atoms with Gasteiger partial charge in [-0.25, -0.2) is 39.9 Å². The Morgan fingerprint density at radius 3 is 1.08 bits per heavy atom. The fourth-order valence-corrected chi connectivity index (χ4v) is 17.4. The topological polar surface area (TPSA) is 127 Å². The Bertz CT molecular complexity index is 7720. The van der Waals surface area contributed by atoms with Crippen molar-refractivity contribution in [2.24, 2.45) is 0 Å². The highest BCUT2D eigenvalue weighted by Gasteiger charge is 2.26. The summed E-state index contributed by atoms with van der Waals surface area (Å²) in [6.45, 7) is 0. The molecule has 16 aromatic carbocycles. The van der Waals surface area contributed by atoms with E-state index in [-0.39, 0.29) is 0 Å². The highest BCUT2D eigenvalue weighted by molar-refractivity contribution is 9.10. The Morgan fingerprint density at radius 2 is 0.571 bits per heavy atom. The number of hydrogen-bond acceptors (Lipinski definition) is 8. The van der Waals surface area contributed by atoms with Crippen molar-refractivity contribution in [1.29, 1.82) is 0 Å². The lowest BCUT2D eigenvalue weighted by atomic mass is 9.97. The molecule has 13 nitrogen and oxygen atoms in total. The van der Waals surface area contributed by atoms with E-state index >= 15 is 0 Å². The number of rotatable bonds is 11. The number of benzene rings is 16. The molecule has 7 aromatic heterocycles. The van der Waals surface area contributed by atoms with Crippen LogP contribution in [-0.4, -0.2) is 62.4 Å². The molecule has 0 aliphatic heterocycles. The van der Waals surface area contributed by atoms with E-state index in [1.807, 2.05) is 152 Å². The van der Waals surface area contributed by atoms with Crippen molar-refractivity contribution in [3.63, 3.8) is 0 Å². The van der Waals surface area contributed by atoms with E-state index in [9.17, 15) is 0 Å². The highest BCUT2D eigenvalue weighted by Crippen LogP contribution is 2.44. The number of aromatic nitrogens is 13. The van der Waals surface area contributed by atoms with E-state index in [1.165, 1.54) is 49.7 Å². The molecule has 119 heavy (non-hydrogen) atoms. The van der Waals surface area contributed by atoms with Crippen molar-refractivity contribution in [3.05, 3.63) is 416 Å². The van der Waals surface area contributed by atoms with E-state index in [2.05, 4.69) is 292 Å². The fraction of sp³-hybridized carbons (Fsp3) is 0.00952. The van der Waals surface area contributed by atoms with Gasteiger partial charge in [-0.1, -0.05) is 307 Å². The Balaban J connectivity index is 0.000000120. The van der Waals surface area contributed by atoms with E-state index in [1.54, 1.807) is 0 Å². The molecule has 24 rings (SSSR count). The van der Waals surface area contributed by atoms with Crippen LogP contribution in [0.3, 0.4) is 0 Å².